The molecule has 4 aromatic rings. The van der Waals surface area contributed by atoms with Crippen molar-refractivity contribution >= 4 is 33.5 Å². The second kappa shape index (κ2) is 7.19. The van der Waals surface area contributed by atoms with Gasteiger partial charge in [-0.25, -0.2) is 9.18 Å². The minimum absolute atomic E-state index is 0.0456. The predicted molar refractivity (Wildman–Crippen MR) is 102 cm³/mol. The van der Waals surface area contributed by atoms with Crippen LogP contribution < -0.4 is 10.4 Å². The highest BCUT2D eigenvalue weighted by molar-refractivity contribution is 5.94. The molecule has 0 radical (unpaired) electrons. The smallest absolute Gasteiger partial charge is 0.336 e. The molecule has 0 spiro atoms. The Morgan fingerprint density at radius 1 is 1.21 bits per heavy atom. The Morgan fingerprint density at radius 2 is 2.03 bits per heavy atom. The Morgan fingerprint density at radius 3 is 2.86 bits per heavy atom. The van der Waals surface area contributed by atoms with Gasteiger partial charge in [0, 0.05) is 22.9 Å². The fourth-order valence-corrected chi connectivity index (χ4v) is 2.91. The van der Waals surface area contributed by atoms with E-state index in [0.717, 1.165) is 10.9 Å². The average molecular weight is 395 g/mol. The zero-order valence-corrected chi connectivity index (χ0v) is 15.1. The Kier molecular flexibility index (Phi) is 4.55. The van der Waals surface area contributed by atoms with E-state index in [1.165, 1.54) is 30.3 Å². The first-order valence-electron chi connectivity index (χ1n) is 8.53. The van der Waals surface area contributed by atoms with Crippen LogP contribution in [0.5, 0.6) is 11.6 Å². The van der Waals surface area contributed by atoms with E-state index < -0.39 is 24.0 Å². The Labute approximate surface area is 162 Å². The van der Waals surface area contributed by atoms with Crippen molar-refractivity contribution in [3.63, 3.8) is 0 Å². The van der Waals surface area contributed by atoms with Crippen molar-refractivity contribution in [2.75, 3.05) is 6.61 Å². The van der Waals surface area contributed by atoms with Gasteiger partial charge in [0.2, 0.25) is 5.88 Å². The first-order valence-corrected chi connectivity index (χ1v) is 8.53. The number of aryl methyl sites for hydroxylation is 1. The maximum Gasteiger partial charge on any atom is 0.336 e. The second-order valence-corrected chi connectivity index (χ2v) is 6.30. The molecular weight excluding hydrogens is 381 g/mol. The Bertz CT molecular complexity index is 1340. The highest BCUT2D eigenvalue weighted by Gasteiger charge is 2.12. The van der Waals surface area contributed by atoms with E-state index >= 15 is 0 Å². The molecule has 4 rings (SSSR count). The topological polar surface area (TPSA) is 117 Å². The molecule has 0 atom stereocenters. The highest BCUT2D eigenvalue weighted by atomic mass is 19.1. The third-order valence-electron chi connectivity index (χ3n) is 4.26. The van der Waals surface area contributed by atoms with Crippen LogP contribution in [-0.2, 0) is 4.79 Å². The highest BCUT2D eigenvalue weighted by Crippen LogP contribution is 2.35. The number of aromatic nitrogens is 1. The van der Waals surface area contributed by atoms with Crippen molar-refractivity contribution < 1.29 is 23.4 Å². The summed E-state index contributed by atoms with van der Waals surface area (Å²) in [6.45, 7) is 1.36. The zero-order valence-electron chi connectivity index (χ0n) is 15.1. The molecule has 0 saturated heterocycles. The van der Waals surface area contributed by atoms with Crippen LogP contribution in [0.3, 0.4) is 0 Å². The van der Waals surface area contributed by atoms with Gasteiger partial charge in [-0.15, -0.1) is 10.2 Å². The van der Waals surface area contributed by atoms with E-state index in [0.29, 0.717) is 22.2 Å². The second-order valence-electron chi connectivity index (χ2n) is 6.30. The molecule has 2 aromatic heterocycles. The summed E-state index contributed by atoms with van der Waals surface area (Å²) in [5.74, 6) is -1.25. The summed E-state index contributed by atoms with van der Waals surface area (Å²) in [7, 11) is 0. The summed E-state index contributed by atoms with van der Waals surface area (Å²) in [5, 5.41) is 18.1. The molecule has 0 saturated carbocycles. The molecule has 0 bridgehead atoms. The molecule has 0 aliphatic rings. The number of hydrogen-bond donors (Lipinski definition) is 2. The summed E-state index contributed by atoms with van der Waals surface area (Å²) in [4.78, 5) is 26.1. The minimum atomic E-state index is -0.721. The monoisotopic (exact) mass is 395 g/mol. The number of nitrogens with zero attached hydrogens (tertiary/aromatic N) is 2. The van der Waals surface area contributed by atoms with Crippen molar-refractivity contribution in [3.05, 3.63) is 64.3 Å². The zero-order chi connectivity index (χ0) is 20.5. The van der Waals surface area contributed by atoms with Crippen molar-refractivity contribution in [3.8, 4) is 11.6 Å². The number of aromatic amines is 1. The molecule has 0 fully saturated rings. The fourth-order valence-electron chi connectivity index (χ4n) is 2.91. The van der Waals surface area contributed by atoms with Crippen molar-refractivity contribution in [1.29, 1.82) is 0 Å². The van der Waals surface area contributed by atoms with Crippen LogP contribution in [-0.4, -0.2) is 22.6 Å². The Balaban J connectivity index is 1.49. The molecular formula is C20H14FN3O5. The van der Waals surface area contributed by atoms with Gasteiger partial charge in [0.15, 0.2) is 12.3 Å². The van der Waals surface area contributed by atoms with Gasteiger partial charge in [0.05, 0.1) is 5.52 Å². The lowest BCUT2D eigenvalue weighted by molar-refractivity contribution is -0.120. The number of nitrogens with one attached hydrogen (secondary N) is 1. The number of H-pyrrole nitrogens is 1. The summed E-state index contributed by atoms with van der Waals surface area (Å²) < 4.78 is 23.9. The minimum Gasteiger partial charge on any atom is -0.493 e. The number of amides is 1. The van der Waals surface area contributed by atoms with E-state index in [-0.39, 0.29) is 11.6 Å². The summed E-state index contributed by atoms with van der Waals surface area (Å²) >= 11 is 0. The average Bonchev–Trinajstić information content (AvgIpc) is 2.98. The van der Waals surface area contributed by atoms with Crippen molar-refractivity contribution in [2.24, 2.45) is 10.2 Å². The molecule has 2 aromatic carbocycles. The van der Waals surface area contributed by atoms with Crippen molar-refractivity contribution in [1.82, 2.24) is 4.98 Å². The summed E-state index contributed by atoms with van der Waals surface area (Å²) in [6, 6.07) is 10.1. The predicted octanol–water partition coefficient (Wildman–Crippen LogP) is 4.12. The number of ether oxygens (including phenoxy) is 1. The van der Waals surface area contributed by atoms with Gasteiger partial charge < -0.3 is 19.2 Å². The van der Waals surface area contributed by atoms with Gasteiger partial charge in [-0.1, -0.05) is 0 Å². The SMILES string of the molecule is Cc1cc(=O)oc2cc(OCC(=O)N=Nc3c(O)[nH]c4ccc(F)cc34)ccc12. The maximum absolute atomic E-state index is 13.4. The van der Waals surface area contributed by atoms with E-state index in [1.807, 2.05) is 0 Å². The van der Waals surface area contributed by atoms with Gasteiger partial charge in [0.1, 0.15) is 17.1 Å². The largest absolute Gasteiger partial charge is 0.493 e. The summed E-state index contributed by atoms with van der Waals surface area (Å²) in [6.07, 6.45) is 0. The number of azo groups is 1. The van der Waals surface area contributed by atoms with Crippen LogP contribution in [0.15, 0.2) is 61.9 Å². The van der Waals surface area contributed by atoms with Gasteiger partial charge in [-0.05, 0) is 42.8 Å². The molecule has 2 heterocycles. The lowest BCUT2D eigenvalue weighted by Gasteiger charge is -2.05. The molecule has 0 unspecified atom stereocenters. The molecule has 0 aliphatic carbocycles. The van der Waals surface area contributed by atoms with E-state index in [1.54, 1.807) is 19.1 Å². The lowest BCUT2D eigenvalue weighted by atomic mass is 10.1. The van der Waals surface area contributed by atoms with Crippen LogP contribution in [0.2, 0.25) is 0 Å². The van der Waals surface area contributed by atoms with Crippen LogP contribution in [0.1, 0.15) is 5.56 Å². The number of halogens is 1. The molecule has 146 valence electrons. The lowest BCUT2D eigenvalue weighted by Crippen LogP contribution is -2.08. The van der Waals surface area contributed by atoms with Crippen LogP contribution in [0.25, 0.3) is 21.9 Å². The maximum atomic E-state index is 13.4. The van der Waals surface area contributed by atoms with Crippen LogP contribution in [0, 0.1) is 12.7 Å². The molecule has 29 heavy (non-hydrogen) atoms. The van der Waals surface area contributed by atoms with Crippen molar-refractivity contribution in [2.45, 2.75) is 6.92 Å². The number of benzene rings is 2. The normalized spacial score (nSPS) is 11.5. The number of carbonyl (C=O) groups is 1. The van der Waals surface area contributed by atoms with E-state index in [4.69, 9.17) is 9.15 Å². The number of fused-ring (bicyclic) bond motifs is 2. The summed E-state index contributed by atoms with van der Waals surface area (Å²) in [5.41, 5.74) is 1.03. The van der Waals surface area contributed by atoms with E-state index in [2.05, 4.69) is 15.2 Å². The third-order valence-corrected chi connectivity index (χ3v) is 4.26. The van der Waals surface area contributed by atoms with Gasteiger partial charge in [-0.2, -0.15) is 0 Å². The first kappa shape index (κ1) is 18.4. The number of hydrogen-bond acceptors (Lipinski definition) is 6. The number of carbonyl (C=O) groups excluding carboxylic acids is 1. The third kappa shape index (κ3) is 3.70. The van der Waals surface area contributed by atoms with E-state index in [9.17, 15) is 19.1 Å². The number of aromatic hydroxyl groups is 1. The van der Waals surface area contributed by atoms with Crippen LogP contribution >= 0.6 is 0 Å². The fraction of sp³-hybridized carbons (Fsp3) is 0.100. The molecule has 0 aliphatic heterocycles. The molecule has 1 amide bonds. The van der Waals surface area contributed by atoms with Gasteiger partial charge in [0.25, 0.3) is 0 Å². The molecule has 2 N–H and O–H groups in total. The molecule has 8 nitrogen and oxygen atoms in total. The first-order chi connectivity index (χ1) is 13.9. The van der Waals surface area contributed by atoms with Gasteiger partial charge >= 0.3 is 11.5 Å². The van der Waals surface area contributed by atoms with Gasteiger partial charge in [-0.3, -0.25) is 4.79 Å². The number of rotatable bonds is 4. The Hall–Kier alpha value is -4.01. The quantitative estimate of drug-likeness (QED) is 0.398. The van der Waals surface area contributed by atoms with Crippen LogP contribution in [0.4, 0.5) is 10.1 Å². The molecule has 9 heteroatoms. The standard InChI is InChI=1S/C20H14FN3O5/c1-10-6-18(26)29-16-8-12(3-4-13(10)16)28-9-17(25)23-24-19-14-7-11(21)2-5-15(14)22-20(19)27/h2-8,22,27H,9H2,1H3.